The van der Waals surface area contributed by atoms with Crippen LogP contribution in [0.3, 0.4) is 0 Å². The van der Waals surface area contributed by atoms with Gasteiger partial charge < -0.3 is 25.2 Å². The van der Waals surface area contributed by atoms with Crippen molar-refractivity contribution in [2.45, 2.75) is 25.7 Å². The van der Waals surface area contributed by atoms with Crippen LogP contribution >= 0.6 is 0 Å². The summed E-state index contributed by atoms with van der Waals surface area (Å²) >= 11 is 0. The third-order valence-corrected chi connectivity index (χ3v) is 6.85. The number of nitrogens with one attached hydrogen (secondary N) is 2. The molecule has 0 saturated carbocycles. The van der Waals surface area contributed by atoms with E-state index in [9.17, 15) is 14.4 Å². The first-order chi connectivity index (χ1) is 16.9. The highest BCUT2D eigenvalue weighted by atomic mass is 16.5. The van der Waals surface area contributed by atoms with Crippen LogP contribution in [0.5, 0.6) is 0 Å². The molecule has 35 heavy (non-hydrogen) atoms. The van der Waals surface area contributed by atoms with E-state index in [4.69, 9.17) is 14.6 Å². The zero-order valence-corrected chi connectivity index (χ0v) is 19.7. The first kappa shape index (κ1) is 24.5. The lowest BCUT2D eigenvalue weighted by Gasteiger charge is -2.35. The van der Waals surface area contributed by atoms with Crippen LogP contribution in [0, 0.1) is 5.41 Å². The Morgan fingerprint density at radius 2 is 1.63 bits per heavy atom. The molecule has 2 amide bonds. The van der Waals surface area contributed by atoms with Gasteiger partial charge in [-0.2, -0.15) is 0 Å². The molecule has 3 N–H and O–H groups in total. The Morgan fingerprint density at radius 3 is 2.23 bits per heavy atom. The highest BCUT2D eigenvalue weighted by Gasteiger charge is 2.40. The number of alkyl carbamates (subject to hydrolysis) is 1. The molecule has 4 rings (SSSR count). The Morgan fingerprint density at radius 1 is 1.03 bits per heavy atom. The molecule has 0 bridgehead atoms. The van der Waals surface area contributed by atoms with E-state index in [-0.39, 0.29) is 37.1 Å². The summed E-state index contributed by atoms with van der Waals surface area (Å²) in [6.07, 6.45) is 1.77. The quantitative estimate of drug-likeness (QED) is 0.501. The Labute approximate surface area is 204 Å². The fraction of sp³-hybridized carbons (Fsp3) is 0.370. The van der Waals surface area contributed by atoms with E-state index >= 15 is 0 Å². The van der Waals surface area contributed by atoms with Crippen molar-refractivity contribution >= 4 is 18.0 Å². The second-order valence-electron chi connectivity index (χ2n) is 8.97. The average molecular weight is 479 g/mol. The van der Waals surface area contributed by atoms with Crippen LogP contribution in [0.2, 0.25) is 0 Å². The molecule has 0 atom stereocenters. The Balaban J connectivity index is 1.36. The zero-order chi connectivity index (χ0) is 24.8. The molecule has 1 heterocycles. The lowest BCUT2D eigenvalue weighted by atomic mass is 9.79. The van der Waals surface area contributed by atoms with Gasteiger partial charge in [0, 0.05) is 37.8 Å². The molecule has 0 spiro atoms. The number of carboxylic acid groups (broad SMARTS) is 1. The van der Waals surface area contributed by atoms with Gasteiger partial charge in [-0.25, -0.2) is 9.59 Å². The van der Waals surface area contributed by atoms with Crippen molar-refractivity contribution in [3.63, 3.8) is 0 Å². The lowest BCUT2D eigenvalue weighted by Crippen LogP contribution is -2.51. The lowest BCUT2D eigenvalue weighted by molar-refractivity contribution is -0.136. The van der Waals surface area contributed by atoms with Gasteiger partial charge in [0.1, 0.15) is 6.61 Å². The van der Waals surface area contributed by atoms with Gasteiger partial charge in [0.2, 0.25) is 5.91 Å². The molecular weight excluding hydrogens is 448 g/mol. The van der Waals surface area contributed by atoms with E-state index in [0.29, 0.717) is 26.1 Å². The fourth-order valence-electron chi connectivity index (χ4n) is 4.71. The standard InChI is InChI=1S/C27H30N2O6/c1-18(24(30)31)10-13-28-25(32)27(11-14-34-15-12-27)17-29-26(33)35-16-23-21-8-4-2-6-19(21)20-7-3-5-9-22(20)23/h2-10,23H,11-17H2,1H3,(H,28,32)(H,29,33)(H,30,31)/b18-10+. The first-order valence-electron chi connectivity index (χ1n) is 11.8. The molecule has 0 aromatic heterocycles. The van der Waals surface area contributed by atoms with E-state index < -0.39 is 17.5 Å². The van der Waals surface area contributed by atoms with Gasteiger partial charge in [0.25, 0.3) is 0 Å². The van der Waals surface area contributed by atoms with Crippen molar-refractivity contribution in [1.29, 1.82) is 0 Å². The number of carbonyl (C=O) groups excluding carboxylic acids is 2. The molecule has 0 unspecified atom stereocenters. The molecular formula is C27H30N2O6. The topological polar surface area (TPSA) is 114 Å². The largest absolute Gasteiger partial charge is 0.478 e. The summed E-state index contributed by atoms with van der Waals surface area (Å²) in [6.45, 7) is 2.69. The summed E-state index contributed by atoms with van der Waals surface area (Å²) < 4.78 is 11.0. The van der Waals surface area contributed by atoms with Crippen LogP contribution < -0.4 is 10.6 Å². The van der Waals surface area contributed by atoms with Crippen molar-refractivity contribution in [1.82, 2.24) is 10.6 Å². The summed E-state index contributed by atoms with van der Waals surface area (Å²) in [5.74, 6) is -1.32. The van der Waals surface area contributed by atoms with Gasteiger partial charge in [0.15, 0.2) is 0 Å². The molecule has 2 aliphatic rings. The Bertz CT molecular complexity index is 1090. The number of carbonyl (C=O) groups is 3. The molecule has 8 heteroatoms. The van der Waals surface area contributed by atoms with E-state index in [1.807, 2.05) is 24.3 Å². The SMILES string of the molecule is C/C(=C\CNC(=O)C1(CNC(=O)OCC2c3ccccc3-c3ccccc32)CCOCC1)C(=O)O. The van der Waals surface area contributed by atoms with Crippen LogP contribution in [0.1, 0.15) is 36.8 Å². The Hall–Kier alpha value is -3.65. The predicted molar refractivity (Wildman–Crippen MR) is 130 cm³/mol. The van der Waals surface area contributed by atoms with Crippen LogP contribution in [0.25, 0.3) is 11.1 Å². The predicted octanol–water partition coefficient (Wildman–Crippen LogP) is 3.47. The van der Waals surface area contributed by atoms with Crippen LogP contribution in [0.4, 0.5) is 4.79 Å². The third-order valence-electron chi connectivity index (χ3n) is 6.85. The number of ether oxygens (including phenoxy) is 2. The monoisotopic (exact) mass is 478 g/mol. The van der Waals surface area contributed by atoms with E-state index in [1.54, 1.807) is 0 Å². The molecule has 0 radical (unpaired) electrons. The molecule has 1 fully saturated rings. The zero-order valence-electron chi connectivity index (χ0n) is 19.7. The second-order valence-corrected chi connectivity index (χ2v) is 8.97. The van der Waals surface area contributed by atoms with Gasteiger partial charge in [-0.3, -0.25) is 4.79 Å². The van der Waals surface area contributed by atoms with Crippen molar-refractivity contribution in [2.24, 2.45) is 5.41 Å². The van der Waals surface area contributed by atoms with E-state index in [0.717, 1.165) is 22.3 Å². The normalized spacial score (nSPS) is 16.7. The molecule has 2 aromatic carbocycles. The van der Waals surface area contributed by atoms with Gasteiger partial charge in [-0.15, -0.1) is 0 Å². The van der Waals surface area contributed by atoms with Crippen molar-refractivity contribution in [2.75, 3.05) is 32.9 Å². The van der Waals surface area contributed by atoms with Crippen LogP contribution in [-0.4, -0.2) is 56.0 Å². The number of hydrogen-bond acceptors (Lipinski definition) is 5. The summed E-state index contributed by atoms with van der Waals surface area (Å²) in [7, 11) is 0. The first-order valence-corrected chi connectivity index (χ1v) is 11.8. The summed E-state index contributed by atoms with van der Waals surface area (Å²) in [5.41, 5.74) is 3.89. The average Bonchev–Trinajstić information content (AvgIpc) is 3.20. The fourth-order valence-corrected chi connectivity index (χ4v) is 4.71. The number of carboxylic acids is 1. The van der Waals surface area contributed by atoms with Gasteiger partial charge in [-0.1, -0.05) is 54.6 Å². The number of rotatable bonds is 8. The maximum Gasteiger partial charge on any atom is 0.407 e. The molecule has 8 nitrogen and oxygen atoms in total. The van der Waals surface area contributed by atoms with Crippen molar-refractivity contribution < 1.29 is 29.0 Å². The minimum Gasteiger partial charge on any atom is -0.478 e. The van der Waals surface area contributed by atoms with E-state index in [1.165, 1.54) is 13.0 Å². The highest BCUT2D eigenvalue weighted by molar-refractivity contribution is 5.86. The maximum absolute atomic E-state index is 13.0. The minimum absolute atomic E-state index is 0.0437. The smallest absolute Gasteiger partial charge is 0.407 e. The molecule has 1 aliphatic carbocycles. The van der Waals surface area contributed by atoms with Crippen LogP contribution in [-0.2, 0) is 19.1 Å². The minimum atomic E-state index is -1.03. The van der Waals surface area contributed by atoms with Crippen LogP contribution in [0.15, 0.2) is 60.2 Å². The van der Waals surface area contributed by atoms with Crippen molar-refractivity contribution in [3.05, 3.63) is 71.3 Å². The number of benzene rings is 2. The Kier molecular flexibility index (Phi) is 7.51. The number of fused-ring (bicyclic) bond motifs is 3. The number of amides is 2. The molecule has 184 valence electrons. The molecule has 2 aromatic rings. The van der Waals surface area contributed by atoms with Gasteiger partial charge in [-0.05, 0) is 42.0 Å². The van der Waals surface area contributed by atoms with E-state index in [2.05, 4.69) is 34.9 Å². The van der Waals surface area contributed by atoms with Gasteiger partial charge in [0.05, 0.1) is 5.41 Å². The summed E-state index contributed by atoms with van der Waals surface area (Å²) in [6, 6.07) is 16.2. The summed E-state index contributed by atoms with van der Waals surface area (Å²) in [5, 5.41) is 14.5. The maximum atomic E-state index is 13.0. The number of aliphatic carboxylic acids is 1. The third kappa shape index (κ3) is 5.38. The summed E-state index contributed by atoms with van der Waals surface area (Å²) in [4.78, 5) is 36.6. The van der Waals surface area contributed by atoms with Gasteiger partial charge >= 0.3 is 12.1 Å². The second kappa shape index (κ2) is 10.7. The number of hydrogen-bond donors (Lipinski definition) is 3. The molecule has 1 aliphatic heterocycles. The highest BCUT2D eigenvalue weighted by Crippen LogP contribution is 2.44. The van der Waals surface area contributed by atoms with Crippen molar-refractivity contribution in [3.8, 4) is 11.1 Å². The molecule has 1 saturated heterocycles.